The molecule has 2 aromatic heterocycles. The van der Waals surface area contributed by atoms with Crippen LogP contribution < -0.4 is 4.90 Å². The quantitative estimate of drug-likeness (QED) is 0.154. The normalized spacial score (nSPS) is 16.1. The van der Waals surface area contributed by atoms with Crippen LogP contribution in [0.5, 0.6) is 0 Å². The lowest BCUT2D eigenvalue weighted by atomic mass is 9.66. The molecule has 0 spiro atoms. The van der Waals surface area contributed by atoms with Crippen LogP contribution in [0, 0.1) is 20.8 Å². The molecule has 4 nitrogen and oxygen atoms in total. The molecule has 9 aromatic rings. The molecule has 0 aliphatic carbocycles. The van der Waals surface area contributed by atoms with E-state index in [0.717, 1.165) is 50.5 Å². The maximum absolute atomic E-state index is 5.92. The number of hydrogen-bond donors (Lipinski definition) is 0. The predicted octanol–water partition coefficient (Wildman–Crippen LogP) is 14.1. The molecule has 1 atom stereocenters. The number of fused-ring (bicyclic) bond motifs is 3. The fraction of sp³-hybridized carbons (Fsp3) is 0.158. The Morgan fingerprint density at radius 3 is 1.77 bits per heavy atom. The van der Waals surface area contributed by atoms with Crippen LogP contribution in [-0.2, 0) is 0 Å². The van der Waals surface area contributed by atoms with Crippen molar-refractivity contribution in [1.82, 2.24) is 9.55 Å². The van der Waals surface area contributed by atoms with Gasteiger partial charge in [-0.3, -0.25) is 9.98 Å². The lowest BCUT2D eigenvalue weighted by Gasteiger charge is -2.50. The van der Waals surface area contributed by atoms with E-state index in [9.17, 15) is 0 Å². The molecule has 61 heavy (non-hydrogen) atoms. The van der Waals surface area contributed by atoms with E-state index in [2.05, 4.69) is 233 Å². The van der Waals surface area contributed by atoms with Crippen LogP contribution in [0.1, 0.15) is 60.1 Å². The Bertz CT molecular complexity index is 3050. The molecular formula is C57H50N4. The molecule has 4 heteroatoms. The summed E-state index contributed by atoms with van der Waals surface area (Å²) in [6, 6.07) is 66.4. The Hall–Kier alpha value is -7.04. The highest BCUT2D eigenvalue weighted by Crippen LogP contribution is 2.54. The number of pyridine rings is 1. The standard InChI is InChI=1S/C57H50N4/c1-38-31-32-58-50(33-38)44-29-30-49-48-27-16-17-28-51(48)60(52(49)37-44)47-35-45(41-21-10-7-11-22-41)34-46(36-47)55-59-56(4,5)57(6,61(55)54-39(2)19-18-20-40(54)3)53(42-23-12-8-13-24-42)43-25-14-9-15-26-43/h7-37,53H,1-6H3/t57-/m0/s1. The van der Waals surface area contributed by atoms with Gasteiger partial charge in [-0.1, -0.05) is 140 Å². The van der Waals surface area contributed by atoms with Gasteiger partial charge in [0.1, 0.15) is 5.84 Å². The molecule has 3 heterocycles. The number of anilines is 1. The van der Waals surface area contributed by atoms with E-state index in [4.69, 9.17) is 9.98 Å². The number of aliphatic imine (C=N–C) groups is 1. The molecule has 0 amide bonds. The van der Waals surface area contributed by atoms with E-state index in [0.29, 0.717) is 0 Å². The summed E-state index contributed by atoms with van der Waals surface area (Å²) in [4.78, 5) is 13.3. The minimum atomic E-state index is -0.548. The van der Waals surface area contributed by atoms with Crippen molar-refractivity contribution in [2.45, 2.75) is 58.5 Å². The number of nitrogens with zero attached hydrogens (tertiary/aromatic N) is 4. The highest BCUT2D eigenvalue weighted by atomic mass is 15.3. The third-order valence-corrected chi connectivity index (χ3v) is 13.2. The molecular weight excluding hydrogens is 741 g/mol. The Balaban J connectivity index is 1.27. The summed E-state index contributed by atoms with van der Waals surface area (Å²) in [5.74, 6) is 0.944. The van der Waals surface area contributed by atoms with Gasteiger partial charge in [0, 0.05) is 45.4 Å². The fourth-order valence-corrected chi connectivity index (χ4v) is 10.00. The molecule has 298 valence electrons. The largest absolute Gasteiger partial charge is 0.316 e. The van der Waals surface area contributed by atoms with Crippen LogP contribution in [0.4, 0.5) is 5.69 Å². The number of benzene rings is 7. The van der Waals surface area contributed by atoms with Gasteiger partial charge in [-0.25, -0.2) is 0 Å². The van der Waals surface area contributed by atoms with Gasteiger partial charge in [0.2, 0.25) is 0 Å². The van der Waals surface area contributed by atoms with Crippen LogP contribution in [0.3, 0.4) is 0 Å². The summed E-state index contributed by atoms with van der Waals surface area (Å²) in [5.41, 5.74) is 15.0. The van der Waals surface area contributed by atoms with Crippen molar-refractivity contribution in [2.24, 2.45) is 4.99 Å². The van der Waals surface area contributed by atoms with E-state index in [-0.39, 0.29) is 5.92 Å². The molecule has 0 unspecified atom stereocenters. The molecule has 0 bridgehead atoms. The van der Waals surface area contributed by atoms with Crippen molar-refractivity contribution in [3.05, 3.63) is 222 Å². The first kappa shape index (κ1) is 38.2. The molecule has 0 saturated heterocycles. The number of aryl methyl sites for hydroxylation is 3. The van der Waals surface area contributed by atoms with E-state index in [1.54, 1.807) is 0 Å². The van der Waals surface area contributed by atoms with Gasteiger partial charge in [0.05, 0.1) is 27.8 Å². The summed E-state index contributed by atoms with van der Waals surface area (Å²) >= 11 is 0. The molecule has 1 aliphatic rings. The minimum absolute atomic E-state index is 0.0204. The van der Waals surface area contributed by atoms with Gasteiger partial charge in [0.15, 0.2) is 0 Å². The summed E-state index contributed by atoms with van der Waals surface area (Å²) in [7, 11) is 0. The average Bonchev–Trinajstić information content (AvgIpc) is 3.72. The molecule has 10 rings (SSSR count). The maximum Gasteiger partial charge on any atom is 0.136 e. The molecule has 0 N–H and O–H groups in total. The molecule has 1 aliphatic heterocycles. The number of amidine groups is 1. The first-order chi connectivity index (χ1) is 29.6. The fourth-order valence-electron chi connectivity index (χ4n) is 10.00. The smallest absolute Gasteiger partial charge is 0.136 e. The zero-order valence-electron chi connectivity index (χ0n) is 35.8. The number of hydrogen-bond acceptors (Lipinski definition) is 3. The first-order valence-corrected chi connectivity index (χ1v) is 21.4. The van der Waals surface area contributed by atoms with Crippen LogP contribution in [-0.4, -0.2) is 26.5 Å². The van der Waals surface area contributed by atoms with Crippen LogP contribution >= 0.6 is 0 Å². The zero-order chi connectivity index (χ0) is 41.9. The van der Waals surface area contributed by atoms with Crippen molar-refractivity contribution in [3.63, 3.8) is 0 Å². The van der Waals surface area contributed by atoms with E-state index >= 15 is 0 Å². The third-order valence-electron chi connectivity index (χ3n) is 13.2. The van der Waals surface area contributed by atoms with Gasteiger partial charge < -0.3 is 9.47 Å². The maximum atomic E-state index is 5.92. The predicted molar refractivity (Wildman–Crippen MR) is 256 cm³/mol. The minimum Gasteiger partial charge on any atom is -0.316 e. The highest BCUT2D eigenvalue weighted by Gasteiger charge is 2.58. The van der Waals surface area contributed by atoms with Gasteiger partial charge in [-0.2, -0.15) is 0 Å². The van der Waals surface area contributed by atoms with E-state index < -0.39 is 11.1 Å². The zero-order valence-corrected chi connectivity index (χ0v) is 35.8. The van der Waals surface area contributed by atoms with E-state index in [1.165, 1.54) is 44.3 Å². The lowest BCUT2D eigenvalue weighted by molar-refractivity contribution is 0.279. The van der Waals surface area contributed by atoms with E-state index in [1.807, 2.05) is 6.20 Å². The Kier molecular flexibility index (Phi) is 9.33. The van der Waals surface area contributed by atoms with Crippen molar-refractivity contribution >= 4 is 33.3 Å². The van der Waals surface area contributed by atoms with Crippen LogP contribution in [0.25, 0.3) is 49.9 Å². The van der Waals surface area contributed by atoms with Gasteiger partial charge in [0.25, 0.3) is 0 Å². The molecule has 0 radical (unpaired) electrons. The number of rotatable bonds is 8. The second kappa shape index (κ2) is 14.9. The summed E-state index contributed by atoms with van der Waals surface area (Å²) in [6.45, 7) is 13.7. The molecule has 7 aromatic carbocycles. The SMILES string of the molecule is Cc1ccnc(-c2ccc3c4ccccc4n(-c4cc(C5=NC(C)(C)[C@](C)(C(c6ccccc6)c6ccccc6)N5c5c(C)cccc5C)cc(-c5ccccc5)c4)c3c2)c1. The van der Waals surface area contributed by atoms with Crippen molar-refractivity contribution < 1.29 is 0 Å². The van der Waals surface area contributed by atoms with Gasteiger partial charge >= 0.3 is 0 Å². The second-order valence-electron chi connectivity index (χ2n) is 17.4. The van der Waals surface area contributed by atoms with Crippen molar-refractivity contribution in [3.8, 4) is 28.1 Å². The lowest BCUT2D eigenvalue weighted by Crippen LogP contribution is -2.60. The summed E-state index contributed by atoms with van der Waals surface area (Å²) in [5, 5.41) is 2.42. The van der Waals surface area contributed by atoms with Crippen LogP contribution in [0.15, 0.2) is 193 Å². The Morgan fingerprint density at radius 1 is 0.492 bits per heavy atom. The third kappa shape index (κ3) is 6.37. The monoisotopic (exact) mass is 790 g/mol. The first-order valence-electron chi connectivity index (χ1n) is 21.4. The van der Waals surface area contributed by atoms with Gasteiger partial charge in [-0.15, -0.1) is 0 Å². The van der Waals surface area contributed by atoms with Crippen LogP contribution in [0.2, 0.25) is 0 Å². The average molecular weight is 791 g/mol. The van der Waals surface area contributed by atoms with Crippen molar-refractivity contribution in [2.75, 3.05) is 4.90 Å². The molecule has 0 saturated carbocycles. The topological polar surface area (TPSA) is 33.4 Å². The Labute approximate surface area is 359 Å². The highest BCUT2D eigenvalue weighted by molar-refractivity contribution is 6.15. The number of para-hydroxylation sites is 2. The number of aromatic nitrogens is 2. The molecule has 0 fully saturated rings. The van der Waals surface area contributed by atoms with Crippen molar-refractivity contribution in [1.29, 1.82) is 0 Å². The summed E-state index contributed by atoms with van der Waals surface area (Å²) < 4.78 is 2.44. The van der Waals surface area contributed by atoms with Gasteiger partial charge in [-0.05, 0) is 123 Å². The second-order valence-corrected chi connectivity index (χ2v) is 17.4. The summed E-state index contributed by atoms with van der Waals surface area (Å²) in [6.07, 6.45) is 1.90. The Morgan fingerprint density at radius 2 is 1.10 bits per heavy atom.